The van der Waals surface area contributed by atoms with Crippen LogP contribution in [0.2, 0.25) is 0 Å². The predicted molar refractivity (Wildman–Crippen MR) is 76.2 cm³/mol. The van der Waals surface area contributed by atoms with E-state index in [4.69, 9.17) is 12.2 Å². The van der Waals surface area contributed by atoms with Gasteiger partial charge in [-0.2, -0.15) is 0 Å². The van der Waals surface area contributed by atoms with Gasteiger partial charge in [-0.25, -0.2) is 4.98 Å². The van der Waals surface area contributed by atoms with Gasteiger partial charge in [0.15, 0.2) is 5.11 Å². The molecule has 0 unspecified atom stereocenters. The SMILES string of the molecule is CCCC(=O)NC(=S)Nc1ccc(I)cn1. The zero-order valence-corrected chi connectivity index (χ0v) is 11.8. The molecule has 1 heterocycles. The fourth-order valence-electron chi connectivity index (χ4n) is 1.01. The first kappa shape index (κ1) is 13.3. The summed E-state index contributed by atoms with van der Waals surface area (Å²) in [5, 5.41) is 5.71. The highest BCUT2D eigenvalue weighted by atomic mass is 127. The Kier molecular flexibility index (Phi) is 5.61. The van der Waals surface area contributed by atoms with Crippen LogP contribution in [0.4, 0.5) is 5.82 Å². The molecule has 86 valence electrons. The smallest absolute Gasteiger partial charge is 0.226 e. The average Bonchev–Trinajstić information content (AvgIpc) is 2.21. The molecule has 0 aliphatic heterocycles. The highest BCUT2D eigenvalue weighted by molar-refractivity contribution is 14.1. The maximum Gasteiger partial charge on any atom is 0.226 e. The van der Waals surface area contributed by atoms with E-state index >= 15 is 0 Å². The van der Waals surface area contributed by atoms with Crippen molar-refractivity contribution in [2.75, 3.05) is 5.32 Å². The van der Waals surface area contributed by atoms with Gasteiger partial charge in [0.05, 0.1) is 0 Å². The molecule has 2 N–H and O–H groups in total. The van der Waals surface area contributed by atoms with Crippen molar-refractivity contribution in [2.24, 2.45) is 0 Å². The normalized spacial score (nSPS) is 9.62. The quantitative estimate of drug-likeness (QED) is 0.650. The Labute approximate surface area is 113 Å². The lowest BCUT2D eigenvalue weighted by Gasteiger charge is -2.08. The summed E-state index contributed by atoms with van der Waals surface area (Å²) in [5.74, 6) is 0.549. The number of carbonyl (C=O) groups excluding carboxylic acids is 1. The van der Waals surface area contributed by atoms with Crippen molar-refractivity contribution in [1.29, 1.82) is 0 Å². The third-order valence-electron chi connectivity index (χ3n) is 1.70. The Balaban J connectivity index is 2.45. The lowest BCUT2D eigenvalue weighted by Crippen LogP contribution is -2.34. The van der Waals surface area contributed by atoms with Crippen LogP contribution in [-0.2, 0) is 4.79 Å². The molecule has 0 saturated carbocycles. The molecular weight excluding hydrogens is 337 g/mol. The average molecular weight is 349 g/mol. The number of pyridine rings is 1. The van der Waals surface area contributed by atoms with Gasteiger partial charge in [0.2, 0.25) is 5.91 Å². The van der Waals surface area contributed by atoms with Crippen LogP contribution in [0.1, 0.15) is 19.8 Å². The second-order valence-corrected chi connectivity index (χ2v) is 4.77. The van der Waals surface area contributed by atoms with E-state index in [0.29, 0.717) is 12.2 Å². The van der Waals surface area contributed by atoms with Crippen LogP contribution in [0, 0.1) is 3.57 Å². The predicted octanol–water partition coefficient (Wildman–Crippen LogP) is 2.30. The van der Waals surface area contributed by atoms with E-state index in [2.05, 4.69) is 38.2 Å². The molecule has 1 rings (SSSR count). The lowest BCUT2D eigenvalue weighted by molar-refractivity contribution is -0.119. The zero-order chi connectivity index (χ0) is 12.0. The summed E-state index contributed by atoms with van der Waals surface area (Å²) in [7, 11) is 0. The number of anilines is 1. The number of nitrogens with one attached hydrogen (secondary N) is 2. The van der Waals surface area contributed by atoms with Gasteiger partial charge in [0.25, 0.3) is 0 Å². The molecule has 1 amide bonds. The molecule has 0 bridgehead atoms. The Morgan fingerprint density at radius 1 is 1.56 bits per heavy atom. The standard InChI is InChI=1S/C10H12IN3OS/c1-2-3-9(15)14-10(16)13-8-5-4-7(11)6-12-8/h4-6H,2-3H2,1H3,(H2,12,13,14,15,16). The summed E-state index contributed by atoms with van der Waals surface area (Å²) in [6.07, 6.45) is 3.00. The summed E-state index contributed by atoms with van der Waals surface area (Å²) in [5.41, 5.74) is 0. The van der Waals surface area contributed by atoms with E-state index in [1.807, 2.05) is 13.0 Å². The van der Waals surface area contributed by atoms with Crippen LogP contribution in [0.25, 0.3) is 0 Å². The molecule has 0 atom stereocenters. The fourth-order valence-corrected chi connectivity index (χ4v) is 1.55. The number of hydrogen-bond acceptors (Lipinski definition) is 3. The molecule has 0 spiro atoms. The van der Waals surface area contributed by atoms with Gasteiger partial charge in [-0.1, -0.05) is 6.92 Å². The second kappa shape index (κ2) is 6.74. The number of aromatic nitrogens is 1. The topological polar surface area (TPSA) is 54.0 Å². The van der Waals surface area contributed by atoms with E-state index in [1.165, 1.54) is 0 Å². The minimum atomic E-state index is -0.0782. The third-order valence-corrected chi connectivity index (χ3v) is 2.54. The van der Waals surface area contributed by atoms with Crippen molar-refractivity contribution in [1.82, 2.24) is 10.3 Å². The number of rotatable bonds is 3. The molecule has 0 saturated heterocycles. The largest absolute Gasteiger partial charge is 0.317 e. The summed E-state index contributed by atoms with van der Waals surface area (Å²) >= 11 is 7.14. The van der Waals surface area contributed by atoms with Crippen LogP contribution in [0.3, 0.4) is 0 Å². The summed E-state index contributed by atoms with van der Waals surface area (Å²) in [6.45, 7) is 1.94. The zero-order valence-electron chi connectivity index (χ0n) is 8.79. The van der Waals surface area contributed by atoms with Crippen molar-refractivity contribution in [3.05, 3.63) is 21.9 Å². The molecule has 4 nitrogen and oxygen atoms in total. The maximum absolute atomic E-state index is 11.2. The van der Waals surface area contributed by atoms with Crippen molar-refractivity contribution >= 4 is 51.6 Å². The van der Waals surface area contributed by atoms with E-state index in [-0.39, 0.29) is 11.0 Å². The number of amides is 1. The Morgan fingerprint density at radius 2 is 2.31 bits per heavy atom. The van der Waals surface area contributed by atoms with Crippen molar-refractivity contribution < 1.29 is 4.79 Å². The Hall–Kier alpha value is -0.760. The van der Waals surface area contributed by atoms with E-state index < -0.39 is 0 Å². The van der Waals surface area contributed by atoms with Gasteiger partial charge in [-0.3, -0.25) is 4.79 Å². The number of nitrogens with zero attached hydrogens (tertiary/aromatic N) is 1. The molecule has 1 aromatic heterocycles. The first-order valence-corrected chi connectivity index (χ1v) is 6.33. The monoisotopic (exact) mass is 349 g/mol. The van der Waals surface area contributed by atoms with Gasteiger partial charge in [-0.05, 0) is 53.4 Å². The highest BCUT2D eigenvalue weighted by Crippen LogP contribution is 2.06. The summed E-state index contributed by atoms with van der Waals surface area (Å²) < 4.78 is 1.05. The third kappa shape index (κ3) is 4.84. The second-order valence-electron chi connectivity index (χ2n) is 3.11. The first-order valence-electron chi connectivity index (χ1n) is 4.84. The number of hydrogen-bond donors (Lipinski definition) is 2. The molecule has 0 aromatic carbocycles. The number of halogens is 1. The van der Waals surface area contributed by atoms with Crippen LogP contribution < -0.4 is 10.6 Å². The van der Waals surface area contributed by atoms with Crippen molar-refractivity contribution in [3.8, 4) is 0 Å². The maximum atomic E-state index is 11.2. The van der Waals surface area contributed by atoms with Crippen molar-refractivity contribution in [2.45, 2.75) is 19.8 Å². The van der Waals surface area contributed by atoms with Gasteiger partial charge >= 0.3 is 0 Å². The molecule has 0 aliphatic carbocycles. The molecule has 1 aromatic rings. The van der Waals surface area contributed by atoms with Gasteiger partial charge in [0, 0.05) is 16.2 Å². The molecular formula is C10H12IN3OS. The molecule has 6 heteroatoms. The summed E-state index contributed by atoms with van der Waals surface area (Å²) in [4.78, 5) is 15.4. The molecule has 0 fully saturated rings. The van der Waals surface area contributed by atoms with E-state index in [9.17, 15) is 4.79 Å². The van der Waals surface area contributed by atoms with Gasteiger partial charge < -0.3 is 10.6 Å². The Morgan fingerprint density at radius 3 is 2.88 bits per heavy atom. The van der Waals surface area contributed by atoms with E-state index in [0.717, 1.165) is 9.99 Å². The highest BCUT2D eigenvalue weighted by Gasteiger charge is 2.03. The molecule has 0 aliphatic rings. The molecule has 0 radical (unpaired) electrons. The minimum Gasteiger partial charge on any atom is -0.317 e. The van der Waals surface area contributed by atoms with Crippen LogP contribution in [0.15, 0.2) is 18.3 Å². The lowest BCUT2D eigenvalue weighted by atomic mass is 10.3. The van der Waals surface area contributed by atoms with Crippen LogP contribution >= 0.6 is 34.8 Å². The van der Waals surface area contributed by atoms with Crippen LogP contribution in [0.5, 0.6) is 0 Å². The van der Waals surface area contributed by atoms with Crippen LogP contribution in [-0.4, -0.2) is 16.0 Å². The fraction of sp³-hybridized carbons (Fsp3) is 0.300. The van der Waals surface area contributed by atoms with Gasteiger partial charge in [0.1, 0.15) is 5.82 Å². The summed E-state index contributed by atoms with van der Waals surface area (Å²) in [6, 6.07) is 3.71. The minimum absolute atomic E-state index is 0.0782. The van der Waals surface area contributed by atoms with Gasteiger partial charge in [-0.15, -0.1) is 0 Å². The van der Waals surface area contributed by atoms with Crippen molar-refractivity contribution in [3.63, 3.8) is 0 Å². The number of carbonyl (C=O) groups is 1. The Bertz CT molecular complexity index is 380. The number of thiocarbonyl (C=S) groups is 1. The molecule has 16 heavy (non-hydrogen) atoms. The first-order chi connectivity index (χ1) is 7.61. The van der Waals surface area contributed by atoms with E-state index in [1.54, 1.807) is 12.3 Å².